The number of primary amides is 1. The zero-order valence-corrected chi connectivity index (χ0v) is 16.2. The Bertz CT molecular complexity index is 801. The van der Waals surface area contributed by atoms with Crippen molar-refractivity contribution < 1.29 is 9.59 Å². The monoisotopic (exact) mass is 384 g/mol. The Hall–Kier alpha value is -2.45. The van der Waals surface area contributed by atoms with Gasteiger partial charge in [-0.15, -0.1) is 0 Å². The first-order chi connectivity index (χ1) is 13.6. The first-order valence-electron chi connectivity index (χ1n) is 10.0. The molecule has 0 spiro atoms. The van der Waals surface area contributed by atoms with E-state index < -0.39 is 0 Å². The number of nitrogens with zero attached hydrogens (tertiary/aromatic N) is 5. The molecule has 0 saturated carbocycles. The maximum atomic E-state index is 12.6. The van der Waals surface area contributed by atoms with Crippen molar-refractivity contribution in [3.05, 3.63) is 36.3 Å². The SMILES string of the molecule is NC(=O)C1CCN(C(=O)CN2CCN(Cc3cn4ccccc4n3)CC2)CC1. The number of pyridine rings is 1. The highest BCUT2D eigenvalue weighted by Gasteiger charge is 2.27. The summed E-state index contributed by atoms with van der Waals surface area (Å²) in [6.07, 6.45) is 5.48. The van der Waals surface area contributed by atoms with Crippen molar-refractivity contribution in [3.63, 3.8) is 0 Å². The Labute approximate surface area is 164 Å². The van der Waals surface area contributed by atoms with Gasteiger partial charge in [-0.1, -0.05) is 6.07 Å². The van der Waals surface area contributed by atoms with Gasteiger partial charge in [0, 0.05) is 64.1 Å². The van der Waals surface area contributed by atoms with Crippen LogP contribution in [0.5, 0.6) is 0 Å². The first kappa shape index (κ1) is 18.9. The first-order valence-corrected chi connectivity index (χ1v) is 10.0. The van der Waals surface area contributed by atoms with Crippen LogP contribution in [0.15, 0.2) is 30.6 Å². The smallest absolute Gasteiger partial charge is 0.236 e. The highest BCUT2D eigenvalue weighted by molar-refractivity contribution is 5.80. The number of rotatable bonds is 5. The van der Waals surface area contributed by atoms with Crippen molar-refractivity contribution in [2.45, 2.75) is 19.4 Å². The van der Waals surface area contributed by atoms with Crippen molar-refractivity contribution in [2.75, 3.05) is 45.8 Å². The van der Waals surface area contributed by atoms with Gasteiger partial charge in [0.2, 0.25) is 11.8 Å². The lowest BCUT2D eigenvalue weighted by Gasteiger charge is -2.36. The second kappa shape index (κ2) is 8.28. The summed E-state index contributed by atoms with van der Waals surface area (Å²) < 4.78 is 2.05. The van der Waals surface area contributed by atoms with E-state index >= 15 is 0 Å². The van der Waals surface area contributed by atoms with E-state index in [1.165, 1.54) is 0 Å². The molecule has 2 aliphatic heterocycles. The summed E-state index contributed by atoms with van der Waals surface area (Å²) in [6, 6.07) is 6.02. The molecule has 2 aromatic heterocycles. The van der Waals surface area contributed by atoms with E-state index in [2.05, 4.69) is 21.0 Å². The molecular formula is C20H28N6O2. The van der Waals surface area contributed by atoms with Crippen LogP contribution in [0.1, 0.15) is 18.5 Å². The van der Waals surface area contributed by atoms with Crippen LogP contribution in [-0.4, -0.2) is 81.7 Å². The number of imidazole rings is 1. The van der Waals surface area contributed by atoms with Crippen molar-refractivity contribution >= 4 is 17.5 Å². The molecule has 0 atom stereocenters. The van der Waals surface area contributed by atoms with Crippen LogP contribution in [0.25, 0.3) is 5.65 Å². The Balaban J connectivity index is 1.22. The lowest BCUT2D eigenvalue weighted by Crippen LogP contribution is -2.51. The Morgan fingerprint density at radius 2 is 1.75 bits per heavy atom. The number of hydrogen-bond acceptors (Lipinski definition) is 5. The maximum absolute atomic E-state index is 12.6. The number of likely N-dealkylation sites (tertiary alicyclic amines) is 1. The normalized spacial score (nSPS) is 19.9. The number of nitrogens with two attached hydrogens (primary N) is 1. The number of piperazine rings is 1. The van der Waals surface area contributed by atoms with Gasteiger partial charge in [-0.3, -0.25) is 19.4 Å². The molecule has 4 heterocycles. The van der Waals surface area contributed by atoms with E-state index in [4.69, 9.17) is 5.73 Å². The van der Waals surface area contributed by atoms with Gasteiger partial charge in [-0.2, -0.15) is 0 Å². The predicted octanol–water partition coefficient (Wildman–Crippen LogP) is 0.176. The zero-order valence-electron chi connectivity index (χ0n) is 16.2. The lowest BCUT2D eigenvalue weighted by atomic mass is 9.96. The molecule has 2 aromatic rings. The maximum Gasteiger partial charge on any atom is 0.236 e. The van der Waals surface area contributed by atoms with Gasteiger partial charge in [0.25, 0.3) is 0 Å². The average Bonchev–Trinajstić information content (AvgIpc) is 3.12. The van der Waals surface area contributed by atoms with Crippen molar-refractivity contribution in [2.24, 2.45) is 11.7 Å². The molecule has 2 saturated heterocycles. The molecule has 0 aromatic carbocycles. The number of piperidine rings is 1. The molecule has 8 heteroatoms. The molecule has 0 bridgehead atoms. The quantitative estimate of drug-likeness (QED) is 0.794. The fourth-order valence-corrected chi connectivity index (χ4v) is 4.10. The fraction of sp³-hybridized carbons (Fsp3) is 0.550. The molecule has 0 unspecified atom stereocenters. The number of aromatic nitrogens is 2. The summed E-state index contributed by atoms with van der Waals surface area (Å²) in [5, 5.41) is 0. The largest absolute Gasteiger partial charge is 0.369 e. The van der Waals surface area contributed by atoms with Gasteiger partial charge in [0.15, 0.2) is 0 Å². The summed E-state index contributed by atoms with van der Waals surface area (Å²) in [4.78, 5) is 35.0. The van der Waals surface area contributed by atoms with Crippen molar-refractivity contribution in [1.82, 2.24) is 24.1 Å². The van der Waals surface area contributed by atoms with E-state index in [9.17, 15) is 9.59 Å². The molecule has 0 aliphatic carbocycles. The van der Waals surface area contributed by atoms with Crippen LogP contribution in [0, 0.1) is 5.92 Å². The molecule has 2 aliphatic rings. The van der Waals surface area contributed by atoms with Gasteiger partial charge in [-0.25, -0.2) is 4.98 Å². The van der Waals surface area contributed by atoms with Crippen LogP contribution in [-0.2, 0) is 16.1 Å². The topological polar surface area (TPSA) is 87.2 Å². The van der Waals surface area contributed by atoms with Crippen LogP contribution < -0.4 is 5.73 Å². The zero-order chi connectivity index (χ0) is 19.5. The standard InChI is InChI=1S/C20H28N6O2/c21-20(28)16-4-7-25(8-5-16)19(27)15-24-11-9-23(10-12-24)13-17-14-26-6-2-1-3-18(26)22-17/h1-3,6,14,16H,4-5,7-13,15H2,(H2,21,28). The lowest BCUT2D eigenvalue weighted by molar-refractivity contribution is -0.136. The minimum absolute atomic E-state index is 0.0767. The molecule has 8 nitrogen and oxygen atoms in total. The predicted molar refractivity (Wildman–Crippen MR) is 105 cm³/mol. The van der Waals surface area contributed by atoms with Crippen molar-refractivity contribution in [3.8, 4) is 0 Å². The molecule has 150 valence electrons. The Morgan fingerprint density at radius 3 is 2.43 bits per heavy atom. The van der Waals surface area contributed by atoms with Gasteiger partial charge in [-0.05, 0) is 25.0 Å². The highest BCUT2D eigenvalue weighted by atomic mass is 16.2. The van der Waals surface area contributed by atoms with E-state index in [1.54, 1.807) is 0 Å². The second-order valence-electron chi connectivity index (χ2n) is 7.81. The van der Waals surface area contributed by atoms with E-state index in [0.717, 1.165) is 44.1 Å². The van der Waals surface area contributed by atoms with Crippen molar-refractivity contribution in [1.29, 1.82) is 0 Å². The molecule has 2 N–H and O–H groups in total. The van der Waals surface area contributed by atoms with Crippen LogP contribution in [0.2, 0.25) is 0 Å². The molecule has 2 fully saturated rings. The van der Waals surface area contributed by atoms with Gasteiger partial charge < -0.3 is 15.0 Å². The summed E-state index contributed by atoms with van der Waals surface area (Å²) in [6.45, 7) is 6.22. The number of amides is 2. The molecule has 0 radical (unpaired) electrons. The summed E-state index contributed by atoms with van der Waals surface area (Å²) >= 11 is 0. The average molecular weight is 384 g/mol. The fourth-order valence-electron chi connectivity index (χ4n) is 4.10. The minimum atomic E-state index is -0.242. The van der Waals surface area contributed by atoms with Crippen LogP contribution in [0.3, 0.4) is 0 Å². The van der Waals surface area contributed by atoms with Gasteiger partial charge >= 0.3 is 0 Å². The van der Waals surface area contributed by atoms with Crippen LogP contribution in [0.4, 0.5) is 0 Å². The summed E-state index contributed by atoms with van der Waals surface area (Å²) in [7, 11) is 0. The third-order valence-electron chi connectivity index (χ3n) is 5.87. The minimum Gasteiger partial charge on any atom is -0.369 e. The molecule has 2 amide bonds. The highest BCUT2D eigenvalue weighted by Crippen LogP contribution is 2.17. The molecule has 28 heavy (non-hydrogen) atoms. The van der Waals surface area contributed by atoms with E-state index in [0.29, 0.717) is 32.5 Å². The molecule has 4 rings (SSSR count). The third kappa shape index (κ3) is 4.34. The number of fused-ring (bicyclic) bond motifs is 1. The Kier molecular flexibility index (Phi) is 5.59. The Morgan fingerprint density at radius 1 is 1.04 bits per heavy atom. The second-order valence-corrected chi connectivity index (χ2v) is 7.81. The number of hydrogen-bond donors (Lipinski definition) is 1. The van der Waals surface area contributed by atoms with Gasteiger partial charge in [0.1, 0.15) is 5.65 Å². The van der Waals surface area contributed by atoms with E-state index in [1.807, 2.05) is 33.7 Å². The number of carbonyl (C=O) groups excluding carboxylic acids is 2. The third-order valence-corrected chi connectivity index (χ3v) is 5.87. The van der Waals surface area contributed by atoms with Crippen LogP contribution >= 0.6 is 0 Å². The number of carbonyl (C=O) groups is 2. The molecular weight excluding hydrogens is 356 g/mol. The summed E-state index contributed by atoms with van der Waals surface area (Å²) in [5.41, 5.74) is 7.42. The van der Waals surface area contributed by atoms with E-state index in [-0.39, 0.29) is 17.7 Å². The summed E-state index contributed by atoms with van der Waals surface area (Å²) in [5.74, 6) is -0.155. The van der Waals surface area contributed by atoms with Gasteiger partial charge in [0.05, 0.1) is 12.2 Å².